The second-order valence-corrected chi connectivity index (χ2v) is 5.17. The predicted octanol–water partition coefficient (Wildman–Crippen LogP) is 3.59. The van der Waals surface area contributed by atoms with Gasteiger partial charge in [-0.15, -0.1) is 5.10 Å². The summed E-state index contributed by atoms with van der Waals surface area (Å²) in [6.45, 7) is -3.03. The van der Waals surface area contributed by atoms with E-state index in [1.54, 1.807) is 0 Å². The summed E-state index contributed by atoms with van der Waals surface area (Å²) >= 11 is 8.64. The van der Waals surface area contributed by atoms with Gasteiger partial charge in [0, 0.05) is 5.69 Å². The Morgan fingerprint density at radius 3 is 2.74 bits per heavy atom. The van der Waals surface area contributed by atoms with Crippen LogP contribution < -0.4 is 10.1 Å². The number of nitro groups is 1. The van der Waals surface area contributed by atoms with E-state index in [9.17, 15) is 23.7 Å². The number of aromatic amines is 1. The molecule has 1 aromatic carbocycles. The van der Waals surface area contributed by atoms with Gasteiger partial charge in [0.1, 0.15) is 10.2 Å². The Kier molecular flexibility index (Phi) is 5.11. The molecule has 0 spiro atoms. The van der Waals surface area contributed by atoms with Crippen molar-refractivity contribution in [2.45, 2.75) is 6.61 Å². The van der Waals surface area contributed by atoms with E-state index in [1.165, 1.54) is 12.1 Å². The molecule has 2 N–H and O–H groups in total. The summed E-state index contributed by atoms with van der Waals surface area (Å²) in [7, 11) is 0. The minimum atomic E-state index is -3.03. The van der Waals surface area contributed by atoms with Crippen molar-refractivity contribution in [2.24, 2.45) is 0 Å². The number of nitrogens with zero attached hydrogens (tertiary/aromatic N) is 2. The highest BCUT2D eigenvalue weighted by atomic mass is 79.9. The van der Waals surface area contributed by atoms with Gasteiger partial charge < -0.3 is 20.2 Å². The van der Waals surface area contributed by atoms with Crippen LogP contribution in [0.15, 0.2) is 22.7 Å². The van der Waals surface area contributed by atoms with Gasteiger partial charge in [-0.1, -0.05) is 16.7 Å². The fourth-order valence-electron chi connectivity index (χ4n) is 1.55. The number of carbonyl (C=O) groups excluding carboxylic acids is 1. The number of benzene rings is 1. The minimum Gasteiger partial charge on any atom is -0.433 e. The van der Waals surface area contributed by atoms with Gasteiger partial charge >= 0.3 is 12.4 Å². The van der Waals surface area contributed by atoms with Crippen LogP contribution in [0.5, 0.6) is 5.75 Å². The fourth-order valence-corrected chi connectivity index (χ4v) is 2.28. The maximum Gasteiger partial charge on any atom is 0.387 e. The maximum atomic E-state index is 12.1. The highest BCUT2D eigenvalue weighted by molar-refractivity contribution is 9.10. The van der Waals surface area contributed by atoms with E-state index in [-0.39, 0.29) is 26.6 Å². The standard InChI is InChI=1S/C11H6BrClF2N4O4/c12-7-8(17-18-9(7)19(21)22)10(20)16-4-1-2-6(5(13)3-4)23-11(14)15/h1-3,11H,(H,16,20)(H,17,18). The summed E-state index contributed by atoms with van der Waals surface area (Å²) in [6.07, 6.45) is 0. The molecule has 0 saturated carbocycles. The van der Waals surface area contributed by atoms with Crippen molar-refractivity contribution in [1.82, 2.24) is 10.2 Å². The van der Waals surface area contributed by atoms with Crippen LogP contribution in [-0.2, 0) is 0 Å². The Labute approximate surface area is 140 Å². The number of carbonyl (C=O) groups is 1. The molecule has 1 heterocycles. The largest absolute Gasteiger partial charge is 0.433 e. The molecule has 2 rings (SSSR count). The third kappa shape index (κ3) is 3.93. The Bertz CT molecular complexity index is 770. The highest BCUT2D eigenvalue weighted by Crippen LogP contribution is 2.30. The summed E-state index contributed by atoms with van der Waals surface area (Å²) < 4.78 is 28.3. The first kappa shape index (κ1) is 17.1. The Morgan fingerprint density at radius 1 is 1.52 bits per heavy atom. The van der Waals surface area contributed by atoms with Crippen LogP contribution in [0.4, 0.5) is 20.3 Å². The van der Waals surface area contributed by atoms with E-state index in [0.717, 1.165) is 6.07 Å². The molecule has 0 aliphatic rings. The van der Waals surface area contributed by atoms with Crippen LogP contribution in [0.2, 0.25) is 5.02 Å². The first-order valence-electron chi connectivity index (χ1n) is 5.73. The maximum absolute atomic E-state index is 12.1. The molecular formula is C11H6BrClF2N4O4. The number of hydrogen-bond donors (Lipinski definition) is 2. The summed E-state index contributed by atoms with van der Waals surface area (Å²) in [4.78, 5) is 21.9. The van der Waals surface area contributed by atoms with Crippen LogP contribution in [0.1, 0.15) is 10.5 Å². The van der Waals surface area contributed by atoms with Crippen molar-refractivity contribution in [3.05, 3.63) is 43.5 Å². The first-order valence-corrected chi connectivity index (χ1v) is 6.90. The Hall–Kier alpha value is -2.27. The van der Waals surface area contributed by atoms with Crippen LogP contribution >= 0.6 is 27.5 Å². The van der Waals surface area contributed by atoms with Gasteiger partial charge in [-0.3, -0.25) is 4.79 Å². The van der Waals surface area contributed by atoms with Gasteiger partial charge in [-0.05, 0) is 39.1 Å². The van der Waals surface area contributed by atoms with E-state index >= 15 is 0 Å². The number of rotatable bonds is 5. The first-order chi connectivity index (χ1) is 10.8. The molecule has 2 aromatic rings. The summed E-state index contributed by atoms with van der Waals surface area (Å²) in [5.74, 6) is -1.50. The molecule has 0 unspecified atom stereocenters. The minimum absolute atomic E-state index is 0.122. The molecule has 0 bridgehead atoms. The lowest BCUT2D eigenvalue weighted by molar-refractivity contribution is -0.390. The van der Waals surface area contributed by atoms with Crippen LogP contribution in [0.25, 0.3) is 0 Å². The number of nitrogens with one attached hydrogen (secondary N) is 2. The van der Waals surface area contributed by atoms with Crippen LogP contribution in [-0.4, -0.2) is 27.6 Å². The topological polar surface area (TPSA) is 110 Å². The Morgan fingerprint density at radius 2 is 2.22 bits per heavy atom. The molecule has 0 saturated heterocycles. The van der Waals surface area contributed by atoms with Crippen LogP contribution in [0.3, 0.4) is 0 Å². The van der Waals surface area contributed by atoms with Crippen LogP contribution in [0, 0.1) is 10.1 Å². The monoisotopic (exact) mass is 410 g/mol. The number of halogens is 4. The summed E-state index contributed by atoms with van der Waals surface area (Å²) in [5, 5.41) is 18.5. The molecule has 0 fully saturated rings. The van der Waals surface area contributed by atoms with Gasteiger partial charge in [-0.2, -0.15) is 8.78 Å². The fraction of sp³-hybridized carbons (Fsp3) is 0.0909. The summed E-state index contributed by atoms with van der Waals surface area (Å²) in [6, 6.07) is 3.61. The van der Waals surface area contributed by atoms with Gasteiger partial charge in [0.05, 0.1) is 5.02 Å². The number of aromatic nitrogens is 2. The number of anilines is 1. The average molecular weight is 412 g/mol. The second-order valence-electron chi connectivity index (χ2n) is 3.97. The summed E-state index contributed by atoms with van der Waals surface area (Å²) in [5.41, 5.74) is -0.0834. The molecular weight excluding hydrogens is 405 g/mol. The molecule has 23 heavy (non-hydrogen) atoms. The molecule has 12 heteroatoms. The molecule has 1 aromatic heterocycles. The number of hydrogen-bond acceptors (Lipinski definition) is 5. The SMILES string of the molecule is O=C(Nc1ccc(OC(F)F)c(Cl)c1)c1n[nH]c([N+](=O)[O-])c1Br. The smallest absolute Gasteiger partial charge is 0.387 e. The van der Waals surface area contributed by atoms with Crippen molar-refractivity contribution in [3.63, 3.8) is 0 Å². The van der Waals surface area contributed by atoms with E-state index in [1.807, 2.05) is 0 Å². The van der Waals surface area contributed by atoms with E-state index in [0.29, 0.717) is 0 Å². The number of alkyl halides is 2. The normalized spacial score (nSPS) is 10.7. The van der Waals surface area contributed by atoms with Gasteiger partial charge in [0.25, 0.3) is 5.91 Å². The second kappa shape index (κ2) is 6.87. The molecule has 8 nitrogen and oxygen atoms in total. The third-order valence-corrected chi connectivity index (χ3v) is 3.54. The van der Waals surface area contributed by atoms with Crippen molar-refractivity contribution in [1.29, 1.82) is 0 Å². The predicted molar refractivity (Wildman–Crippen MR) is 79.0 cm³/mol. The molecule has 122 valence electrons. The lowest BCUT2D eigenvalue weighted by Crippen LogP contribution is -2.13. The van der Waals surface area contributed by atoms with Gasteiger partial charge in [0.2, 0.25) is 0 Å². The lowest BCUT2D eigenvalue weighted by atomic mass is 10.3. The quantitative estimate of drug-likeness (QED) is 0.577. The third-order valence-electron chi connectivity index (χ3n) is 2.49. The van der Waals surface area contributed by atoms with E-state index in [4.69, 9.17) is 11.6 Å². The van der Waals surface area contributed by atoms with E-state index < -0.39 is 23.3 Å². The van der Waals surface area contributed by atoms with Gasteiger partial charge in [-0.25, -0.2) is 0 Å². The molecule has 0 aliphatic carbocycles. The van der Waals surface area contributed by atoms with Crippen molar-refractivity contribution in [3.8, 4) is 5.75 Å². The number of ether oxygens (including phenoxy) is 1. The van der Waals surface area contributed by atoms with Gasteiger partial charge in [0.15, 0.2) is 5.69 Å². The Balaban J connectivity index is 2.17. The molecule has 1 amide bonds. The number of H-pyrrole nitrogens is 1. The van der Waals surface area contributed by atoms with E-state index in [2.05, 4.69) is 36.2 Å². The van der Waals surface area contributed by atoms with Crippen molar-refractivity contribution >= 4 is 44.9 Å². The highest BCUT2D eigenvalue weighted by Gasteiger charge is 2.24. The lowest BCUT2D eigenvalue weighted by Gasteiger charge is -2.08. The zero-order valence-corrected chi connectivity index (χ0v) is 13.2. The number of amides is 1. The van der Waals surface area contributed by atoms with Crippen molar-refractivity contribution in [2.75, 3.05) is 5.32 Å². The zero-order chi connectivity index (χ0) is 17.1. The molecule has 0 radical (unpaired) electrons. The van der Waals surface area contributed by atoms with Crippen molar-refractivity contribution < 1.29 is 23.2 Å². The molecule has 0 aliphatic heterocycles. The molecule has 0 atom stereocenters. The average Bonchev–Trinajstić information content (AvgIpc) is 2.83. The zero-order valence-electron chi connectivity index (χ0n) is 10.8.